The standard InChI is InChI=1S/C22H22N2OS2/c1-22-12-11-20(25)24(2)19(22)10-7-14-13-15(8-9-17(14)22)26-21-16-5-3-4-6-18(16)27-23-21/h3-6,8-9,13,19H,7,10-12H2,1-2H3/t19?,22-/m1/s1. The number of hydrogen-bond donors (Lipinski definition) is 0. The van der Waals surface area contributed by atoms with Crippen molar-refractivity contribution in [2.24, 2.45) is 0 Å². The molecule has 1 unspecified atom stereocenters. The van der Waals surface area contributed by atoms with Crippen LogP contribution in [0, 0.1) is 0 Å². The lowest BCUT2D eigenvalue weighted by Gasteiger charge is -2.50. The fourth-order valence-electron chi connectivity index (χ4n) is 4.87. The molecule has 138 valence electrons. The molecule has 5 rings (SSSR count). The molecule has 0 bridgehead atoms. The highest BCUT2D eigenvalue weighted by molar-refractivity contribution is 7.99. The van der Waals surface area contributed by atoms with Gasteiger partial charge in [-0.1, -0.05) is 43.0 Å². The Morgan fingerprint density at radius 1 is 1.22 bits per heavy atom. The van der Waals surface area contributed by atoms with Gasteiger partial charge in [0.1, 0.15) is 5.03 Å². The molecule has 2 aromatic carbocycles. The van der Waals surface area contributed by atoms with E-state index in [9.17, 15) is 4.79 Å². The summed E-state index contributed by atoms with van der Waals surface area (Å²) >= 11 is 3.33. The molecule has 0 spiro atoms. The monoisotopic (exact) mass is 394 g/mol. The van der Waals surface area contributed by atoms with E-state index in [1.54, 1.807) is 23.3 Å². The van der Waals surface area contributed by atoms with Crippen LogP contribution in [0.3, 0.4) is 0 Å². The molecule has 1 amide bonds. The van der Waals surface area contributed by atoms with E-state index in [0.29, 0.717) is 18.4 Å². The Morgan fingerprint density at radius 3 is 2.96 bits per heavy atom. The first-order valence-corrected chi connectivity index (χ1v) is 11.1. The fraction of sp³-hybridized carbons (Fsp3) is 0.364. The minimum Gasteiger partial charge on any atom is -0.342 e. The minimum atomic E-state index is 0.0762. The van der Waals surface area contributed by atoms with Gasteiger partial charge in [0.2, 0.25) is 5.91 Å². The molecule has 2 heterocycles. The van der Waals surface area contributed by atoms with Crippen molar-refractivity contribution in [3.63, 3.8) is 0 Å². The molecule has 2 aliphatic rings. The zero-order valence-electron chi connectivity index (χ0n) is 15.6. The molecule has 1 saturated heterocycles. The number of aromatic nitrogens is 1. The van der Waals surface area contributed by atoms with Crippen LogP contribution in [0.2, 0.25) is 0 Å². The average Bonchev–Trinajstić information content (AvgIpc) is 3.08. The maximum Gasteiger partial charge on any atom is 0.222 e. The van der Waals surface area contributed by atoms with E-state index in [1.165, 1.54) is 26.1 Å². The van der Waals surface area contributed by atoms with Gasteiger partial charge >= 0.3 is 0 Å². The number of carbonyl (C=O) groups is 1. The van der Waals surface area contributed by atoms with Gasteiger partial charge in [-0.3, -0.25) is 4.79 Å². The van der Waals surface area contributed by atoms with E-state index in [0.717, 1.165) is 24.3 Å². The number of benzene rings is 2. The van der Waals surface area contributed by atoms with Crippen molar-refractivity contribution in [1.29, 1.82) is 0 Å². The van der Waals surface area contributed by atoms with E-state index in [2.05, 4.69) is 53.8 Å². The summed E-state index contributed by atoms with van der Waals surface area (Å²) in [5.74, 6) is 0.295. The molecule has 2 atom stereocenters. The van der Waals surface area contributed by atoms with Crippen LogP contribution < -0.4 is 0 Å². The highest BCUT2D eigenvalue weighted by Crippen LogP contribution is 2.47. The van der Waals surface area contributed by atoms with Crippen LogP contribution in [0.25, 0.3) is 10.1 Å². The van der Waals surface area contributed by atoms with Crippen molar-refractivity contribution in [2.75, 3.05) is 7.05 Å². The molecule has 3 aromatic rings. The summed E-state index contributed by atoms with van der Waals surface area (Å²) in [6.07, 6.45) is 3.71. The van der Waals surface area contributed by atoms with Crippen molar-refractivity contribution in [1.82, 2.24) is 9.27 Å². The first kappa shape index (κ1) is 17.3. The summed E-state index contributed by atoms with van der Waals surface area (Å²) in [5.41, 5.74) is 2.96. The number of hydrogen-bond acceptors (Lipinski definition) is 4. The van der Waals surface area contributed by atoms with Crippen molar-refractivity contribution in [2.45, 2.75) is 54.0 Å². The predicted molar refractivity (Wildman–Crippen MR) is 112 cm³/mol. The van der Waals surface area contributed by atoms with Crippen molar-refractivity contribution in [3.05, 3.63) is 53.6 Å². The molecule has 0 saturated carbocycles. The third kappa shape index (κ3) is 2.71. The predicted octanol–water partition coefficient (Wildman–Crippen LogP) is 5.27. The van der Waals surface area contributed by atoms with Gasteiger partial charge in [-0.2, -0.15) is 4.37 Å². The van der Waals surface area contributed by atoms with Gasteiger partial charge in [-0.05, 0) is 60.1 Å². The van der Waals surface area contributed by atoms with Crippen LogP contribution in [0.5, 0.6) is 0 Å². The number of amides is 1. The highest BCUT2D eigenvalue weighted by atomic mass is 32.2. The molecular weight excluding hydrogens is 372 g/mol. The lowest BCUT2D eigenvalue weighted by Crippen LogP contribution is -2.56. The number of likely N-dealkylation sites (tertiary alicyclic amines) is 1. The summed E-state index contributed by atoms with van der Waals surface area (Å²) in [5, 5.41) is 2.34. The van der Waals surface area contributed by atoms with Crippen LogP contribution in [0.1, 0.15) is 37.3 Å². The Morgan fingerprint density at radius 2 is 2.07 bits per heavy atom. The van der Waals surface area contributed by atoms with E-state index in [-0.39, 0.29) is 5.41 Å². The molecule has 27 heavy (non-hydrogen) atoms. The number of rotatable bonds is 2. The quantitative estimate of drug-likeness (QED) is 0.593. The van der Waals surface area contributed by atoms with Crippen LogP contribution in [0.4, 0.5) is 0 Å². The van der Waals surface area contributed by atoms with Crippen LogP contribution in [-0.4, -0.2) is 28.3 Å². The lowest BCUT2D eigenvalue weighted by atomic mass is 9.63. The summed E-state index contributed by atoms with van der Waals surface area (Å²) < 4.78 is 5.90. The second-order valence-electron chi connectivity index (χ2n) is 7.88. The van der Waals surface area contributed by atoms with E-state index in [4.69, 9.17) is 0 Å². The Labute approximate surface area is 167 Å². The van der Waals surface area contributed by atoms with E-state index in [1.807, 2.05) is 11.9 Å². The highest BCUT2D eigenvalue weighted by Gasteiger charge is 2.46. The normalized spacial score (nSPS) is 24.7. The first-order valence-electron chi connectivity index (χ1n) is 9.47. The summed E-state index contributed by atoms with van der Waals surface area (Å²) in [7, 11) is 1.98. The van der Waals surface area contributed by atoms with E-state index < -0.39 is 0 Å². The summed E-state index contributed by atoms with van der Waals surface area (Å²) in [6, 6.07) is 15.7. The molecule has 0 radical (unpaired) electrons. The number of nitrogens with zero attached hydrogens (tertiary/aromatic N) is 2. The number of likely N-dealkylation sites (N-methyl/N-ethyl adjacent to an activating group) is 1. The third-order valence-corrected chi connectivity index (χ3v) is 8.33. The molecule has 1 aromatic heterocycles. The molecule has 3 nitrogen and oxygen atoms in total. The molecule has 1 aliphatic heterocycles. The van der Waals surface area contributed by atoms with Gasteiger partial charge in [-0.15, -0.1) is 0 Å². The Balaban J connectivity index is 1.48. The van der Waals surface area contributed by atoms with Crippen molar-refractivity contribution in [3.8, 4) is 0 Å². The number of piperidine rings is 1. The number of fused-ring (bicyclic) bond motifs is 4. The Hall–Kier alpha value is -1.85. The number of aryl methyl sites for hydroxylation is 1. The third-order valence-electron chi connectivity index (χ3n) is 6.39. The van der Waals surface area contributed by atoms with Gasteiger partial charge in [0.25, 0.3) is 0 Å². The topological polar surface area (TPSA) is 33.2 Å². The zero-order valence-corrected chi connectivity index (χ0v) is 17.2. The average molecular weight is 395 g/mol. The van der Waals surface area contributed by atoms with Gasteiger partial charge < -0.3 is 4.90 Å². The second-order valence-corrected chi connectivity index (χ2v) is 9.75. The van der Waals surface area contributed by atoms with Gasteiger partial charge in [-0.25, -0.2) is 0 Å². The van der Waals surface area contributed by atoms with Crippen LogP contribution in [-0.2, 0) is 16.6 Å². The van der Waals surface area contributed by atoms with Crippen molar-refractivity contribution >= 4 is 39.3 Å². The first-order chi connectivity index (χ1) is 13.1. The summed E-state index contributed by atoms with van der Waals surface area (Å²) in [4.78, 5) is 15.4. The van der Waals surface area contributed by atoms with E-state index >= 15 is 0 Å². The Kier molecular flexibility index (Phi) is 4.06. The number of carbonyl (C=O) groups excluding carboxylic acids is 1. The summed E-state index contributed by atoms with van der Waals surface area (Å²) in [6.45, 7) is 2.35. The van der Waals surface area contributed by atoms with Gasteiger partial charge in [0, 0.05) is 35.2 Å². The molecule has 1 aliphatic carbocycles. The maximum absolute atomic E-state index is 12.2. The van der Waals surface area contributed by atoms with Crippen LogP contribution >= 0.6 is 23.3 Å². The second kappa shape index (κ2) is 6.35. The minimum absolute atomic E-state index is 0.0762. The molecule has 0 N–H and O–H groups in total. The fourth-order valence-corrected chi connectivity index (χ4v) is 6.73. The van der Waals surface area contributed by atoms with Gasteiger partial charge in [0.15, 0.2) is 0 Å². The van der Waals surface area contributed by atoms with Gasteiger partial charge in [0.05, 0.1) is 4.70 Å². The van der Waals surface area contributed by atoms with Crippen molar-refractivity contribution < 1.29 is 4.79 Å². The largest absolute Gasteiger partial charge is 0.342 e. The lowest BCUT2D eigenvalue weighted by molar-refractivity contribution is -0.138. The zero-order chi connectivity index (χ0) is 18.6. The molecule has 1 fully saturated rings. The smallest absolute Gasteiger partial charge is 0.222 e. The maximum atomic E-state index is 12.2. The molecular formula is C22H22N2OS2. The van der Waals surface area contributed by atoms with Crippen LogP contribution in [0.15, 0.2) is 52.4 Å². The molecule has 5 heteroatoms. The SMILES string of the molecule is CN1C(=O)CC[C@]2(C)c3ccc(Sc4nsc5ccccc45)cc3CCC12. The Bertz CT molecular complexity index is 1040.